The van der Waals surface area contributed by atoms with Crippen LogP contribution in [0, 0.1) is 0 Å². The average Bonchev–Trinajstić information content (AvgIpc) is 3.15. The predicted octanol–water partition coefficient (Wildman–Crippen LogP) is 1.03. The number of aliphatic carboxylic acids is 1. The molecular formula is C13H23NO6S. The molecule has 0 radical (unpaired) electrons. The quantitative estimate of drug-likeness (QED) is 0.582. The normalized spacial score (nSPS) is 18.0. The molecule has 122 valence electrons. The van der Waals surface area contributed by atoms with Crippen molar-refractivity contribution in [1.29, 1.82) is 0 Å². The van der Waals surface area contributed by atoms with E-state index in [9.17, 15) is 18.0 Å². The fourth-order valence-corrected chi connectivity index (χ4v) is 3.90. The van der Waals surface area contributed by atoms with E-state index in [-0.39, 0.29) is 19.4 Å². The molecular weight excluding hydrogens is 298 g/mol. The molecule has 7 nitrogen and oxygen atoms in total. The molecule has 8 heteroatoms. The van der Waals surface area contributed by atoms with Crippen molar-refractivity contribution in [2.45, 2.75) is 63.2 Å². The summed E-state index contributed by atoms with van der Waals surface area (Å²) in [6.07, 6.45) is 2.10. The first-order valence-electron chi connectivity index (χ1n) is 7.18. The molecule has 2 N–H and O–H groups in total. The van der Waals surface area contributed by atoms with E-state index in [1.165, 1.54) is 0 Å². The smallest absolute Gasteiger partial charge is 0.321 e. The van der Waals surface area contributed by atoms with E-state index in [1.807, 2.05) is 6.92 Å². The fraction of sp³-hybridized carbons (Fsp3) is 0.846. The zero-order chi connectivity index (χ0) is 16.1. The molecule has 0 aromatic carbocycles. The minimum absolute atomic E-state index is 0.191. The average molecular weight is 321 g/mol. The number of esters is 1. The number of unbranched alkanes of at least 4 members (excludes halogenated alkanes) is 1. The van der Waals surface area contributed by atoms with Crippen molar-refractivity contribution in [2.75, 3.05) is 6.61 Å². The Balaban J connectivity index is 2.75. The van der Waals surface area contributed by atoms with Crippen LogP contribution in [0.1, 0.15) is 52.4 Å². The second-order valence-corrected chi connectivity index (χ2v) is 7.43. The topological polar surface area (TPSA) is 110 Å². The molecule has 0 amide bonds. The van der Waals surface area contributed by atoms with Crippen molar-refractivity contribution >= 4 is 22.0 Å². The molecule has 0 aromatic heterocycles. The fourth-order valence-electron chi connectivity index (χ4n) is 2.11. The van der Waals surface area contributed by atoms with Crippen LogP contribution in [-0.4, -0.2) is 42.9 Å². The molecule has 0 spiro atoms. The number of ether oxygens (including phenoxy) is 1. The van der Waals surface area contributed by atoms with Crippen LogP contribution in [0.2, 0.25) is 0 Å². The van der Waals surface area contributed by atoms with E-state index >= 15 is 0 Å². The molecule has 1 saturated carbocycles. The van der Waals surface area contributed by atoms with Gasteiger partial charge < -0.3 is 9.84 Å². The molecule has 0 saturated heterocycles. The molecule has 1 aliphatic carbocycles. The van der Waals surface area contributed by atoms with Gasteiger partial charge in [-0.15, -0.1) is 0 Å². The molecule has 1 unspecified atom stereocenters. The van der Waals surface area contributed by atoms with Crippen LogP contribution >= 0.6 is 0 Å². The van der Waals surface area contributed by atoms with Crippen molar-refractivity contribution in [1.82, 2.24) is 4.72 Å². The first-order chi connectivity index (χ1) is 9.78. The summed E-state index contributed by atoms with van der Waals surface area (Å²) in [5, 5.41) is 9.10. The van der Waals surface area contributed by atoms with Crippen molar-refractivity contribution in [3.8, 4) is 0 Å². The number of carboxylic acids is 1. The summed E-state index contributed by atoms with van der Waals surface area (Å²) >= 11 is 0. The van der Waals surface area contributed by atoms with E-state index in [4.69, 9.17) is 9.84 Å². The summed E-state index contributed by atoms with van der Waals surface area (Å²) in [5.74, 6) is -1.76. The number of carbonyl (C=O) groups is 2. The Labute approximate surface area is 125 Å². The van der Waals surface area contributed by atoms with E-state index in [0.29, 0.717) is 19.3 Å². The van der Waals surface area contributed by atoms with Gasteiger partial charge in [-0.1, -0.05) is 19.8 Å². The maximum Gasteiger partial charge on any atom is 0.321 e. The molecule has 0 heterocycles. The number of hydrogen-bond donors (Lipinski definition) is 2. The van der Waals surface area contributed by atoms with E-state index in [0.717, 1.165) is 6.42 Å². The van der Waals surface area contributed by atoms with Crippen LogP contribution in [-0.2, 0) is 24.3 Å². The molecule has 1 fully saturated rings. The number of nitrogens with one attached hydrogen (secondary N) is 1. The number of carboxylic acid groups (broad SMARTS) is 1. The van der Waals surface area contributed by atoms with Crippen LogP contribution in [0.25, 0.3) is 0 Å². The Morgan fingerprint density at radius 3 is 2.38 bits per heavy atom. The third-order valence-corrected chi connectivity index (χ3v) is 5.88. The van der Waals surface area contributed by atoms with Gasteiger partial charge in [0, 0.05) is 0 Å². The summed E-state index contributed by atoms with van der Waals surface area (Å²) in [6, 6.07) is -1.14. The third kappa shape index (κ3) is 4.67. The lowest BCUT2D eigenvalue weighted by Gasteiger charge is -2.20. The van der Waals surface area contributed by atoms with Crippen molar-refractivity contribution in [3.05, 3.63) is 0 Å². The van der Waals surface area contributed by atoms with Gasteiger partial charge in [0.25, 0.3) is 0 Å². The molecule has 1 aliphatic rings. The molecule has 1 rings (SSSR count). The zero-order valence-corrected chi connectivity index (χ0v) is 13.2. The predicted molar refractivity (Wildman–Crippen MR) is 76.2 cm³/mol. The van der Waals surface area contributed by atoms with Crippen LogP contribution in [0.5, 0.6) is 0 Å². The van der Waals surface area contributed by atoms with Gasteiger partial charge in [-0.05, 0) is 26.2 Å². The number of sulfonamides is 1. The zero-order valence-electron chi connectivity index (χ0n) is 12.4. The van der Waals surface area contributed by atoms with Gasteiger partial charge in [0.15, 0.2) is 0 Å². The SMILES string of the molecule is CCCCC(NS(=O)(=O)C1(CC(=O)OCC)CC1)C(=O)O. The minimum atomic E-state index is -3.87. The summed E-state index contributed by atoms with van der Waals surface area (Å²) in [6.45, 7) is 3.74. The highest BCUT2D eigenvalue weighted by Gasteiger charge is 2.56. The first-order valence-corrected chi connectivity index (χ1v) is 8.66. The monoisotopic (exact) mass is 321 g/mol. The lowest BCUT2D eigenvalue weighted by Crippen LogP contribution is -2.46. The minimum Gasteiger partial charge on any atom is -0.480 e. The van der Waals surface area contributed by atoms with E-state index in [2.05, 4.69) is 4.72 Å². The molecule has 0 bridgehead atoms. The van der Waals surface area contributed by atoms with Crippen molar-refractivity contribution < 1.29 is 27.9 Å². The summed E-state index contributed by atoms with van der Waals surface area (Å²) < 4.78 is 30.5. The standard InChI is InChI=1S/C13H23NO6S/c1-3-5-6-10(12(16)17)14-21(18,19)13(7-8-13)9-11(15)20-4-2/h10,14H,3-9H2,1-2H3,(H,16,17). The van der Waals surface area contributed by atoms with Gasteiger partial charge in [-0.3, -0.25) is 9.59 Å². The van der Waals surface area contributed by atoms with Gasteiger partial charge in [-0.2, -0.15) is 0 Å². The van der Waals surface area contributed by atoms with Crippen LogP contribution in [0.15, 0.2) is 0 Å². The van der Waals surface area contributed by atoms with Crippen molar-refractivity contribution in [3.63, 3.8) is 0 Å². The maximum absolute atomic E-state index is 12.4. The largest absolute Gasteiger partial charge is 0.480 e. The highest BCUT2D eigenvalue weighted by Crippen LogP contribution is 2.46. The highest BCUT2D eigenvalue weighted by molar-refractivity contribution is 7.91. The van der Waals surface area contributed by atoms with Crippen molar-refractivity contribution in [2.24, 2.45) is 0 Å². The number of hydrogen-bond acceptors (Lipinski definition) is 5. The summed E-state index contributed by atoms with van der Waals surface area (Å²) in [5.41, 5.74) is 0. The Morgan fingerprint density at radius 1 is 1.33 bits per heavy atom. The lowest BCUT2D eigenvalue weighted by molar-refractivity contribution is -0.143. The van der Waals surface area contributed by atoms with Crippen LogP contribution < -0.4 is 4.72 Å². The maximum atomic E-state index is 12.4. The second kappa shape index (κ2) is 7.22. The van der Waals surface area contributed by atoms with E-state index in [1.54, 1.807) is 6.92 Å². The molecule has 21 heavy (non-hydrogen) atoms. The van der Waals surface area contributed by atoms with Crippen LogP contribution in [0.4, 0.5) is 0 Å². The van der Waals surface area contributed by atoms with Crippen LogP contribution in [0.3, 0.4) is 0 Å². The number of rotatable bonds is 10. The summed E-state index contributed by atoms with van der Waals surface area (Å²) in [7, 11) is -3.87. The third-order valence-electron chi connectivity index (χ3n) is 3.59. The Kier molecular flexibility index (Phi) is 6.15. The second-order valence-electron chi connectivity index (χ2n) is 5.32. The van der Waals surface area contributed by atoms with Gasteiger partial charge in [0.2, 0.25) is 10.0 Å². The Bertz CT molecular complexity index is 483. The molecule has 0 aromatic rings. The highest BCUT2D eigenvalue weighted by atomic mass is 32.2. The van der Waals surface area contributed by atoms with Gasteiger partial charge >= 0.3 is 11.9 Å². The first kappa shape index (κ1) is 17.9. The van der Waals surface area contributed by atoms with Gasteiger partial charge in [-0.25, -0.2) is 13.1 Å². The van der Waals surface area contributed by atoms with E-state index < -0.39 is 32.8 Å². The van der Waals surface area contributed by atoms with Gasteiger partial charge in [0.1, 0.15) is 6.04 Å². The lowest BCUT2D eigenvalue weighted by atomic mass is 10.1. The molecule has 0 aliphatic heterocycles. The summed E-state index contributed by atoms with van der Waals surface area (Å²) in [4.78, 5) is 22.6. The number of carbonyl (C=O) groups excluding carboxylic acids is 1. The Morgan fingerprint density at radius 2 is 1.95 bits per heavy atom. The molecule has 1 atom stereocenters. The van der Waals surface area contributed by atoms with Gasteiger partial charge in [0.05, 0.1) is 17.8 Å². The Hall–Kier alpha value is -1.15.